The van der Waals surface area contributed by atoms with Crippen LogP contribution >= 0.6 is 0 Å². The third kappa shape index (κ3) is 3.09. The van der Waals surface area contributed by atoms with Gasteiger partial charge in [-0.05, 0) is 12.1 Å². The summed E-state index contributed by atoms with van der Waals surface area (Å²) in [7, 11) is -4.42. The standard InChI is InChI=1S/C13H11O4S/c14-18(15,16)13(11-7-3-1-4-8-11)17-12-9-5-2-6-10-12/h1-10H,(H,14,15,16). The first-order valence-corrected chi connectivity index (χ1v) is 6.64. The second-order valence-corrected chi connectivity index (χ2v) is 4.86. The molecule has 2 rings (SSSR count). The first-order valence-electron chi connectivity index (χ1n) is 5.20. The molecule has 1 N–H and O–H groups in total. The van der Waals surface area contributed by atoms with Crippen molar-refractivity contribution in [1.82, 2.24) is 0 Å². The second kappa shape index (κ2) is 5.20. The van der Waals surface area contributed by atoms with Crippen molar-refractivity contribution in [3.8, 4) is 5.75 Å². The normalized spacial score (nSPS) is 11.4. The highest BCUT2D eigenvalue weighted by molar-refractivity contribution is 7.88. The van der Waals surface area contributed by atoms with Crippen LogP contribution in [0.1, 0.15) is 5.56 Å². The van der Waals surface area contributed by atoms with Gasteiger partial charge in [0.15, 0.2) is 0 Å². The first-order chi connectivity index (χ1) is 8.57. The molecule has 0 saturated carbocycles. The summed E-state index contributed by atoms with van der Waals surface area (Å²) in [6, 6.07) is 16.6. The van der Waals surface area contributed by atoms with E-state index in [1.54, 1.807) is 60.7 Å². The molecule has 0 unspecified atom stereocenters. The van der Waals surface area contributed by atoms with Crippen LogP contribution in [0.25, 0.3) is 0 Å². The lowest BCUT2D eigenvalue weighted by Gasteiger charge is -2.14. The van der Waals surface area contributed by atoms with Gasteiger partial charge in [-0.1, -0.05) is 48.5 Å². The van der Waals surface area contributed by atoms with Crippen LogP contribution in [0.4, 0.5) is 0 Å². The minimum atomic E-state index is -4.42. The molecule has 0 aliphatic heterocycles. The zero-order valence-electron chi connectivity index (χ0n) is 9.35. The van der Waals surface area contributed by atoms with Gasteiger partial charge in [0.05, 0.1) is 0 Å². The van der Waals surface area contributed by atoms with Crippen LogP contribution in [0.5, 0.6) is 5.75 Å². The molecule has 1 radical (unpaired) electrons. The van der Waals surface area contributed by atoms with E-state index in [1.807, 2.05) is 0 Å². The third-order valence-electron chi connectivity index (χ3n) is 2.20. The molecule has 4 nitrogen and oxygen atoms in total. The highest BCUT2D eigenvalue weighted by atomic mass is 32.2. The van der Waals surface area contributed by atoms with Gasteiger partial charge in [-0.3, -0.25) is 4.55 Å². The molecule has 0 bridgehead atoms. The Kier molecular flexibility index (Phi) is 3.64. The van der Waals surface area contributed by atoms with Crippen molar-refractivity contribution in [3.63, 3.8) is 0 Å². The summed E-state index contributed by atoms with van der Waals surface area (Å²) in [5, 5.41) is 0. The zero-order valence-corrected chi connectivity index (χ0v) is 10.2. The summed E-state index contributed by atoms with van der Waals surface area (Å²) < 4.78 is 37.1. The van der Waals surface area contributed by atoms with Crippen LogP contribution < -0.4 is 4.74 Å². The summed E-state index contributed by atoms with van der Waals surface area (Å²) in [5.74, 6) is 0.342. The number of hydrogen-bond acceptors (Lipinski definition) is 3. The molecule has 0 aliphatic carbocycles. The van der Waals surface area contributed by atoms with E-state index in [-0.39, 0.29) is 0 Å². The maximum Gasteiger partial charge on any atom is 0.319 e. The fourth-order valence-corrected chi connectivity index (χ4v) is 2.07. The van der Waals surface area contributed by atoms with E-state index < -0.39 is 15.6 Å². The third-order valence-corrected chi connectivity index (χ3v) is 2.99. The van der Waals surface area contributed by atoms with E-state index in [9.17, 15) is 13.0 Å². The van der Waals surface area contributed by atoms with Crippen molar-refractivity contribution in [2.45, 2.75) is 0 Å². The number of ether oxygens (including phenoxy) is 1. The average molecular weight is 263 g/mol. The number of benzene rings is 2. The van der Waals surface area contributed by atoms with E-state index in [0.717, 1.165) is 0 Å². The quantitative estimate of drug-likeness (QED) is 0.861. The van der Waals surface area contributed by atoms with Crippen molar-refractivity contribution in [3.05, 3.63) is 71.7 Å². The molecule has 0 spiro atoms. The lowest BCUT2D eigenvalue weighted by molar-refractivity contribution is 0.367. The molecule has 2 aromatic carbocycles. The molecule has 0 atom stereocenters. The summed E-state index contributed by atoms with van der Waals surface area (Å²) in [5.41, 5.74) is -0.182. The van der Waals surface area contributed by atoms with Crippen molar-refractivity contribution in [2.24, 2.45) is 0 Å². The van der Waals surface area contributed by atoms with E-state index in [4.69, 9.17) is 4.74 Å². The van der Waals surface area contributed by atoms with Gasteiger partial charge in [0.2, 0.25) is 0 Å². The van der Waals surface area contributed by atoms with E-state index >= 15 is 0 Å². The Balaban J connectivity index is 2.34. The number of rotatable bonds is 4. The summed E-state index contributed by atoms with van der Waals surface area (Å²) in [4.78, 5) is 0. The number of hydrogen-bond donors (Lipinski definition) is 1. The summed E-state index contributed by atoms with van der Waals surface area (Å²) >= 11 is 0. The van der Waals surface area contributed by atoms with Crippen LogP contribution in [0.15, 0.2) is 60.7 Å². The van der Waals surface area contributed by atoms with E-state index in [0.29, 0.717) is 11.3 Å². The van der Waals surface area contributed by atoms with Crippen molar-refractivity contribution in [2.75, 3.05) is 0 Å². The summed E-state index contributed by atoms with van der Waals surface area (Å²) in [6.45, 7) is 0. The Labute approximate surface area is 106 Å². The van der Waals surface area contributed by atoms with Gasteiger partial charge in [-0.2, -0.15) is 8.42 Å². The van der Waals surface area contributed by atoms with Gasteiger partial charge in [0, 0.05) is 5.56 Å². The van der Waals surface area contributed by atoms with Crippen LogP contribution in [0.2, 0.25) is 0 Å². The van der Waals surface area contributed by atoms with E-state index in [1.165, 1.54) is 0 Å². The van der Waals surface area contributed by atoms with Crippen LogP contribution in [-0.4, -0.2) is 13.0 Å². The zero-order chi connectivity index (χ0) is 13.0. The highest BCUT2D eigenvalue weighted by Crippen LogP contribution is 2.24. The molecule has 5 heteroatoms. The minimum absolute atomic E-state index is 0.295. The van der Waals surface area contributed by atoms with Crippen molar-refractivity contribution in [1.29, 1.82) is 0 Å². The number of para-hydroxylation sites is 1. The smallest absolute Gasteiger partial charge is 0.319 e. The van der Waals surface area contributed by atoms with E-state index in [2.05, 4.69) is 0 Å². The van der Waals surface area contributed by atoms with Crippen molar-refractivity contribution < 1.29 is 17.7 Å². The Morgan fingerprint density at radius 3 is 1.89 bits per heavy atom. The molecule has 93 valence electrons. The SMILES string of the molecule is O=S(=O)(O)[C](Oc1ccccc1)c1ccccc1. The lowest BCUT2D eigenvalue weighted by Crippen LogP contribution is -2.19. The molecule has 2 aromatic rings. The van der Waals surface area contributed by atoms with Gasteiger partial charge in [0.1, 0.15) is 5.75 Å². The van der Waals surface area contributed by atoms with Gasteiger partial charge in [-0.25, -0.2) is 0 Å². The van der Waals surface area contributed by atoms with Crippen LogP contribution in [0.3, 0.4) is 0 Å². The van der Waals surface area contributed by atoms with Crippen LogP contribution in [0, 0.1) is 5.44 Å². The highest BCUT2D eigenvalue weighted by Gasteiger charge is 2.29. The Morgan fingerprint density at radius 2 is 1.39 bits per heavy atom. The molecular weight excluding hydrogens is 252 g/mol. The molecule has 0 aliphatic rings. The predicted octanol–water partition coefficient (Wildman–Crippen LogP) is 2.49. The molecule has 0 amide bonds. The maximum absolute atomic E-state index is 11.3. The largest absolute Gasteiger partial charge is 0.459 e. The van der Waals surface area contributed by atoms with Crippen LogP contribution in [-0.2, 0) is 10.1 Å². The van der Waals surface area contributed by atoms with Gasteiger partial charge >= 0.3 is 15.6 Å². The minimum Gasteiger partial charge on any atom is -0.459 e. The maximum atomic E-state index is 11.3. The second-order valence-electron chi connectivity index (χ2n) is 3.54. The van der Waals surface area contributed by atoms with Gasteiger partial charge in [0.25, 0.3) is 0 Å². The molecule has 0 aromatic heterocycles. The Morgan fingerprint density at radius 1 is 0.889 bits per heavy atom. The fraction of sp³-hybridized carbons (Fsp3) is 0. The lowest BCUT2D eigenvalue weighted by atomic mass is 10.2. The monoisotopic (exact) mass is 263 g/mol. The fourth-order valence-electron chi connectivity index (χ4n) is 1.43. The Bertz CT molecular complexity index is 593. The van der Waals surface area contributed by atoms with Gasteiger partial charge in [-0.15, -0.1) is 0 Å². The molecule has 18 heavy (non-hydrogen) atoms. The molecule has 0 fully saturated rings. The Hall–Kier alpha value is -1.85. The molecular formula is C13H11O4S. The predicted molar refractivity (Wildman–Crippen MR) is 67.4 cm³/mol. The first kappa shape index (κ1) is 12.6. The molecule has 0 saturated heterocycles. The summed E-state index contributed by atoms with van der Waals surface area (Å²) in [6.07, 6.45) is 0. The topological polar surface area (TPSA) is 63.6 Å². The van der Waals surface area contributed by atoms with Gasteiger partial charge < -0.3 is 4.74 Å². The van der Waals surface area contributed by atoms with Crippen molar-refractivity contribution >= 4 is 10.1 Å². The molecule has 0 heterocycles. The average Bonchev–Trinajstić information content (AvgIpc) is 2.37.